The quantitative estimate of drug-likeness (QED) is 0.819. The molecule has 1 rings (SSSR count). The van der Waals surface area contributed by atoms with Gasteiger partial charge in [0.25, 0.3) is 0 Å². The van der Waals surface area contributed by atoms with Crippen LogP contribution in [-0.4, -0.2) is 42.1 Å². The monoisotopic (exact) mass is 287 g/mol. The normalized spacial score (nSPS) is 11.5. The number of carbonyl (C=O) groups is 1. The van der Waals surface area contributed by atoms with E-state index in [1.165, 1.54) is 0 Å². The van der Waals surface area contributed by atoms with Crippen molar-refractivity contribution in [3.8, 4) is 0 Å². The molecule has 0 saturated heterocycles. The molecule has 1 unspecified atom stereocenters. The molecule has 0 spiro atoms. The summed E-state index contributed by atoms with van der Waals surface area (Å²) in [7, 11) is 1.62. The maximum absolute atomic E-state index is 12.0. The number of nitrogens with two attached hydrogens (primary N) is 1. The molecule has 5 nitrogen and oxygen atoms in total. The fraction of sp³-hybridized carbons (Fsp3) is 0.538. The van der Waals surface area contributed by atoms with Crippen molar-refractivity contribution in [1.82, 2.24) is 9.88 Å². The van der Waals surface area contributed by atoms with Gasteiger partial charge in [0.1, 0.15) is 0 Å². The molecule has 1 aromatic rings. The number of carbonyl (C=O) groups excluding carboxylic acids is 1. The molecule has 0 aliphatic heterocycles. The minimum absolute atomic E-state index is 0. The van der Waals surface area contributed by atoms with Crippen LogP contribution >= 0.6 is 12.4 Å². The van der Waals surface area contributed by atoms with Crippen LogP contribution in [0.1, 0.15) is 19.0 Å². The van der Waals surface area contributed by atoms with Crippen LogP contribution in [-0.2, 0) is 16.1 Å². The van der Waals surface area contributed by atoms with Crippen molar-refractivity contribution >= 4 is 18.3 Å². The van der Waals surface area contributed by atoms with E-state index in [0.29, 0.717) is 26.1 Å². The molecule has 1 heterocycles. The van der Waals surface area contributed by atoms with Crippen molar-refractivity contribution in [2.24, 2.45) is 5.73 Å². The van der Waals surface area contributed by atoms with E-state index in [1.54, 1.807) is 18.2 Å². The highest BCUT2D eigenvalue weighted by atomic mass is 35.5. The van der Waals surface area contributed by atoms with E-state index in [2.05, 4.69) is 4.98 Å². The average molecular weight is 288 g/mol. The Bertz CT molecular complexity index is 360. The van der Waals surface area contributed by atoms with E-state index in [0.717, 1.165) is 5.69 Å². The van der Waals surface area contributed by atoms with Crippen LogP contribution in [0.5, 0.6) is 0 Å². The van der Waals surface area contributed by atoms with Gasteiger partial charge in [-0.1, -0.05) is 6.07 Å². The Morgan fingerprint density at radius 2 is 2.26 bits per heavy atom. The molecule has 6 heteroatoms. The lowest BCUT2D eigenvalue weighted by Crippen LogP contribution is -2.36. The van der Waals surface area contributed by atoms with E-state index in [4.69, 9.17) is 10.5 Å². The first-order chi connectivity index (χ1) is 8.63. The fourth-order valence-corrected chi connectivity index (χ4v) is 1.59. The molecular weight excluding hydrogens is 266 g/mol. The smallest absolute Gasteiger partial charge is 0.224 e. The number of amides is 1. The first-order valence-corrected chi connectivity index (χ1v) is 6.05. The predicted octanol–water partition coefficient (Wildman–Crippen LogP) is 1.22. The van der Waals surface area contributed by atoms with Gasteiger partial charge < -0.3 is 15.4 Å². The van der Waals surface area contributed by atoms with Crippen molar-refractivity contribution in [1.29, 1.82) is 0 Å². The third-order valence-electron chi connectivity index (χ3n) is 2.49. The number of halogens is 1. The number of hydrogen-bond acceptors (Lipinski definition) is 4. The van der Waals surface area contributed by atoms with Crippen LogP contribution in [0, 0.1) is 0 Å². The Kier molecular flexibility index (Phi) is 9.12. The molecule has 19 heavy (non-hydrogen) atoms. The molecule has 0 fully saturated rings. The van der Waals surface area contributed by atoms with E-state index in [-0.39, 0.29) is 24.4 Å². The number of hydrogen-bond donors (Lipinski definition) is 1. The zero-order valence-electron chi connectivity index (χ0n) is 11.4. The summed E-state index contributed by atoms with van der Waals surface area (Å²) in [5, 5.41) is 0. The van der Waals surface area contributed by atoms with Gasteiger partial charge in [-0.25, -0.2) is 0 Å². The first kappa shape index (κ1) is 17.8. The van der Waals surface area contributed by atoms with Gasteiger partial charge in [0, 0.05) is 32.3 Å². The maximum Gasteiger partial charge on any atom is 0.224 e. The van der Waals surface area contributed by atoms with Gasteiger partial charge in [0.05, 0.1) is 18.8 Å². The molecule has 1 amide bonds. The number of rotatable bonds is 7. The second-order valence-electron chi connectivity index (χ2n) is 4.31. The Balaban J connectivity index is 0.00000324. The number of methoxy groups -OCH3 is 1. The molecule has 0 aromatic carbocycles. The Hall–Kier alpha value is -1.17. The van der Waals surface area contributed by atoms with E-state index < -0.39 is 0 Å². The lowest BCUT2D eigenvalue weighted by molar-refractivity contribution is -0.132. The number of nitrogens with zero attached hydrogens (tertiary/aromatic N) is 2. The summed E-state index contributed by atoms with van der Waals surface area (Å²) >= 11 is 0. The summed E-state index contributed by atoms with van der Waals surface area (Å²) in [4.78, 5) is 18.0. The molecule has 1 aromatic heterocycles. The molecule has 2 N–H and O–H groups in total. The van der Waals surface area contributed by atoms with Gasteiger partial charge >= 0.3 is 0 Å². The topological polar surface area (TPSA) is 68.5 Å². The van der Waals surface area contributed by atoms with Crippen molar-refractivity contribution in [3.05, 3.63) is 30.1 Å². The van der Waals surface area contributed by atoms with Gasteiger partial charge in [-0.2, -0.15) is 0 Å². The van der Waals surface area contributed by atoms with Crippen molar-refractivity contribution in [2.45, 2.75) is 25.9 Å². The number of ether oxygens (including phenoxy) is 1. The standard InChI is InChI=1S/C13H21N3O2.ClH/c1-11(14)9-13(17)16(7-8-18-2)10-12-5-3-4-6-15-12;/h3-6,11H,7-10,14H2,1-2H3;1H. The molecule has 0 aliphatic carbocycles. The minimum atomic E-state index is -0.133. The molecule has 108 valence electrons. The van der Waals surface area contributed by atoms with Crippen LogP contribution in [0.3, 0.4) is 0 Å². The zero-order chi connectivity index (χ0) is 13.4. The second kappa shape index (κ2) is 9.72. The van der Waals surface area contributed by atoms with Crippen LogP contribution in [0.2, 0.25) is 0 Å². The highest BCUT2D eigenvalue weighted by Gasteiger charge is 2.15. The van der Waals surface area contributed by atoms with Crippen molar-refractivity contribution < 1.29 is 9.53 Å². The molecule has 0 radical (unpaired) electrons. The maximum atomic E-state index is 12.0. The third-order valence-corrected chi connectivity index (χ3v) is 2.49. The van der Waals surface area contributed by atoms with Crippen LogP contribution in [0.4, 0.5) is 0 Å². The fourth-order valence-electron chi connectivity index (χ4n) is 1.59. The highest BCUT2D eigenvalue weighted by molar-refractivity contribution is 5.85. The summed E-state index contributed by atoms with van der Waals surface area (Å²) < 4.78 is 5.02. The van der Waals surface area contributed by atoms with E-state index in [1.807, 2.05) is 25.1 Å². The van der Waals surface area contributed by atoms with Gasteiger partial charge in [-0.15, -0.1) is 12.4 Å². The predicted molar refractivity (Wildman–Crippen MR) is 77.0 cm³/mol. The minimum Gasteiger partial charge on any atom is -0.383 e. The molecule has 1 atom stereocenters. The van der Waals surface area contributed by atoms with Crippen molar-refractivity contribution in [2.75, 3.05) is 20.3 Å². The molecule has 0 bridgehead atoms. The zero-order valence-corrected chi connectivity index (χ0v) is 12.2. The first-order valence-electron chi connectivity index (χ1n) is 6.05. The SMILES string of the molecule is COCCN(Cc1ccccn1)C(=O)CC(C)N.Cl. The number of aromatic nitrogens is 1. The number of pyridine rings is 1. The summed E-state index contributed by atoms with van der Waals surface area (Å²) in [6, 6.07) is 5.53. The van der Waals surface area contributed by atoms with Crippen LogP contribution in [0.15, 0.2) is 24.4 Å². The molecule has 0 aliphatic rings. The van der Waals surface area contributed by atoms with Crippen LogP contribution < -0.4 is 5.73 Å². The lowest BCUT2D eigenvalue weighted by Gasteiger charge is -2.23. The van der Waals surface area contributed by atoms with E-state index in [9.17, 15) is 4.79 Å². The molecular formula is C13H22ClN3O2. The Morgan fingerprint density at radius 3 is 2.79 bits per heavy atom. The largest absolute Gasteiger partial charge is 0.383 e. The van der Waals surface area contributed by atoms with Crippen molar-refractivity contribution in [3.63, 3.8) is 0 Å². The van der Waals surface area contributed by atoms with Crippen LogP contribution in [0.25, 0.3) is 0 Å². The van der Waals surface area contributed by atoms with Gasteiger partial charge in [-0.05, 0) is 19.1 Å². The lowest BCUT2D eigenvalue weighted by atomic mass is 10.2. The van der Waals surface area contributed by atoms with Gasteiger partial charge in [-0.3, -0.25) is 9.78 Å². The Morgan fingerprint density at radius 1 is 1.53 bits per heavy atom. The van der Waals surface area contributed by atoms with Gasteiger partial charge in [0.15, 0.2) is 0 Å². The average Bonchev–Trinajstić information content (AvgIpc) is 2.34. The Labute approximate surface area is 120 Å². The molecule has 0 saturated carbocycles. The summed E-state index contributed by atoms with van der Waals surface area (Å²) in [5.41, 5.74) is 6.53. The summed E-state index contributed by atoms with van der Waals surface area (Å²) in [6.07, 6.45) is 2.07. The third kappa shape index (κ3) is 7.10. The highest BCUT2D eigenvalue weighted by Crippen LogP contribution is 2.04. The summed E-state index contributed by atoms with van der Waals surface area (Å²) in [6.45, 7) is 3.39. The summed E-state index contributed by atoms with van der Waals surface area (Å²) in [5.74, 6) is 0.0349. The van der Waals surface area contributed by atoms with E-state index >= 15 is 0 Å². The van der Waals surface area contributed by atoms with Gasteiger partial charge in [0.2, 0.25) is 5.91 Å². The second-order valence-corrected chi connectivity index (χ2v) is 4.31.